The lowest BCUT2D eigenvalue weighted by Crippen LogP contribution is -1.91. The quantitative estimate of drug-likeness (QED) is 0.173. The number of benzene rings is 10. The van der Waals surface area contributed by atoms with Crippen LogP contribution in [0.4, 0.5) is 0 Å². The highest BCUT2D eigenvalue weighted by Gasteiger charge is 2.18. The van der Waals surface area contributed by atoms with Crippen LogP contribution in [-0.2, 0) is 0 Å². The topological polar surface area (TPSA) is 26.3 Å². The van der Waals surface area contributed by atoms with Crippen molar-refractivity contribution in [2.75, 3.05) is 0 Å². The van der Waals surface area contributed by atoms with Crippen LogP contribution in [0.1, 0.15) is 0 Å². The zero-order chi connectivity index (χ0) is 35.3. The van der Waals surface area contributed by atoms with E-state index in [1.807, 2.05) is 18.2 Å². The van der Waals surface area contributed by atoms with E-state index in [-0.39, 0.29) is 0 Å². The molecule has 2 heterocycles. The molecule has 0 aliphatic heterocycles. The lowest BCUT2D eigenvalue weighted by molar-refractivity contribution is 0.658. The van der Waals surface area contributed by atoms with Gasteiger partial charge in [0.1, 0.15) is 22.3 Å². The summed E-state index contributed by atoms with van der Waals surface area (Å²) in [5.41, 5.74) is 10.8. The van der Waals surface area contributed by atoms with Crippen molar-refractivity contribution in [2.45, 2.75) is 0 Å². The molecule has 2 nitrogen and oxygen atoms in total. The Balaban J connectivity index is 0.963. The van der Waals surface area contributed by atoms with Gasteiger partial charge in [0.25, 0.3) is 0 Å². The SMILES string of the molecule is c1ccc2cc(-c3c4ccccc4c(-c4ccc(-c5ccc6c(ccc7c8cc9c(cc8oc67)oc6ccccc69)c5)cc4)c4ccccc34)ccc2c1. The van der Waals surface area contributed by atoms with Crippen LogP contribution in [0, 0.1) is 0 Å². The molecule has 250 valence electrons. The fourth-order valence-electron chi connectivity index (χ4n) is 8.89. The first-order valence-corrected chi connectivity index (χ1v) is 18.5. The molecule has 0 amide bonds. The summed E-state index contributed by atoms with van der Waals surface area (Å²) in [7, 11) is 0. The van der Waals surface area contributed by atoms with Gasteiger partial charge in [-0.15, -0.1) is 0 Å². The van der Waals surface area contributed by atoms with Crippen LogP contribution in [0.5, 0.6) is 0 Å². The average molecular weight is 687 g/mol. The van der Waals surface area contributed by atoms with E-state index < -0.39 is 0 Å². The maximum absolute atomic E-state index is 6.55. The van der Waals surface area contributed by atoms with Gasteiger partial charge in [-0.25, -0.2) is 0 Å². The highest BCUT2D eigenvalue weighted by atomic mass is 16.3. The number of fused-ring (bicyclic) bond motifs is 11. The van der Waals surface area contributed by atoms with Gasteiger partial charge in [0.15, 0.2) is 0 Å². The molecule has 0 spiro atoms. The van der Waals surface area contributed by atoms with Crippen molar-refractivity contribution in [3.63, 3.8) is 0 Å². The zero-order valence-corrected chi connectivity index (χ0v) is 29.1. The monoisotopic (exact) mass is 686 g/mol. The van der Waals surface area contributed by atoms with Crippen LogP contribution >= 0.6 is 0 Å². The molecule has 12 rings (SSSR count). The predicted octanol–water partition coefficient (Wildman–Crippen LogP) is 15.1. The van der Waals surface area contributed by atoms with Crippen LogP contribution in [0.15, 0.2) is 191 Å². The minimum absolute atomic E-state index is 0.842. The molecule has 0 atom stereocenters. The van der Waals surface area contributed by atoms with Gasteiger partial charge in [-0.3, -0.25) is 0 Å². The third-order valence-electron chi connectivity index (χ3n) is 11.4. The van der Waals surface area contributed by atoms with Crippen molar-refractivity contribution in [1.82, 2.24) is 0 Å². The standard InChI is InChI=1S/C52H30O2/c1-2-10-34-28-37(22-19-31(34)9-1)51-42-14-5-3-12-40(42)50(41-13-4-6-15-43(41)51)33-20-17-32(18-21-33)35-23-25-38-36(27-35)24-26-44-46-29-45-39-11-7-8-16-47(39)53-48(45)30-49(46)54-52(38)44/h1-30H. The van der Waals surface area contributed by atoms with Gasteiger partial charge in [0.2, 0.25) is 0 Å². The van der Waals surface area contributed by atoms with Crippen LogP contribution in [0.25, 0.3) is 120 Å². The van der Waals surface area contributed by atoms with Crippen LogP contribution in [0.3, 0.4) is 0 Å². The zero-order valence-electron chi connectivity index (χ0n) is 29.1. The third kappa shape index (κ3) is 4.28. The highest BCUT2D eigenvalue weighted by Crippen LogP contribution is 2.45. The summed E-state index contributed by atoms with van der Waals surface area (Å²) in [6.45, 7) is 0. The van der Waals surface area contributed by atoms with Crippen LogP contribution in [-0.4, -0.2) is 0 Å². The smallest absolute Gasteiger partial charge is 0.143 e. The first-order chi connectivity index (χ1) is 26.7. The van der Waals surface area contributed by atoms with E-state index in [9.17, 15) is 0 Å². The molecular formula is C52H30O2. The molecule has 0 radical (unpaired) electrons. The fraction of sp³-hybridized carbons (Fsp3) is 0. The molecule has 54 heavy (non-hydrogen) atoms. The van der Waals surface area contributed by atoms with Crippen molar-refractivity contribution in [1.29, 1.82) is 0 Å². The minimum Gasteiger partial charge on any atom is -0.456 e. The number of hydrogen-bond donors (Lipinski definition) is 0. The molecule has 2 heteroatoms. The summed E-state index contributed by atoms with van der Waals surface area (Å²) in [5.74, 6) is 0. The number of para-hydroxylation sites is 1. The van der Waals surface area contributed by atoms with E-state index in [0.717, 1.165) is 54.6 Å². The van der Waals surface area contributed by atoms with Crippen LogP contribution < -0.4 is 0 Å². The average Bonchev–Trinajstić information content (AvgIpc) is 3.79. The summed E-state index contributed by atoms with van der Waals surface area (Å²) < 4.78 is 12.7. The maximum Gasteiger partial charge on any atom is 0.143 e. The number of hydrogen-bond acceptors (Lipinski definition) is 2. The van der Waals surface area contributed by atoms with Gasteiger partial charge >= 0.3 is 0 Å². The Hall–Kier alpha value is -7.16. The Labute approximate surface area is 310 Å². The molecule has 0 bridgehead atoms. The Bertz CT molecular complexity index is 3430. The Morgan fingerprint density at radius 1 is 0.241 bits per heavy atom. The van der Waals surface area contributed by atoms with Gasteiger partial charge in [-0.05, 0) is 107 Å². The van der Waals surface area contributed by atoms with Crippen molar-refractivity contribution in [2.24, 2.45) is 0 Å². The molecule has 0 fully saturated rings. The van der Waals surface area contributed by atoms with E-state index in [0.29, 0.717) is 0 Å². The second-order valence-corrected chi connectivity index (χ2v) is 14.4. The van der Waals surface area contributed by atoms with E-state index >= 15 is 0 Å². The Morgan fingerprint density at radius 2 is 0.759 bits per heavy atom. The van der Waals surface area contributed by atoms with E-state index in [1.165, 1.54) is 65.7 Å². The van der Waals surface area contributed by atoms with E-state index in [1.54, 1.807) is 0 Å². The normalized spacial score (nSPS) is 12.1. The maximum atomic E-state index is 6.55. The summed E-state index contributed by atoms with van der Waals surface area (Å²) >= 11 is 0. The van der Waals surface area contributed by atoms with Crippen molar-refractivity contribution in [3.8, 4) is 33.4 Å². The minimum atomic E-state index is 0.842. The number of furan rings is 2. The second kappa shape index (κ2) is 11.2. The molecule has 0 saturated heterocycles. The molecule has 0 saturated carbocycles. The van der Waals surface area contributed by atoms with Crippen molar-refractivity contribution in [3.05, 3.63) is 182 Å². The first-order valence-electron chi connectivity index (χ1n) is 18.5. The Morgan fingerprint density at radius 3 is 1.52 bits per heavy atom. The van der Waals surface area contributed by atoms with Gasteiger partial charge in [-0.1, -0.05) is 140 Å². The molecule has 12 aromatic rings. The van der Waals surface area contributed by atoms with E-state index in [4.69, 9.17) is 8.83 Å². The molecule has 0 aliphatic carbocycles. The summed E-state index contributed by atoms with van der Waals surface area (Å²) in [6.07, 6.45) is 0. The van der Waals surface area contributed by atoms with Crippen LogP contribution in [0.2, 0.25) is 0 Å². The lowest BCUT2D eigenvalue weighted by atomic mass is 9.85. The molecule has 10 aromatic carbocycles. The van der Waals surface area contributed by atoms with Gasteiger partial charge in [0, 0.05) is 33.0 Å². The largest absolute Gasteiger partial charge is 0.456 e. The molecular weight excluding hydrogens is 657 g/mol. The molecule has 0 unspecified atom stereocenters. The highest BCUT2D eigenvalue weighted by molar-refractivity contribution is 6.22. The molecule has 0 aliphatic rings. The molecule has 0 N–H and O–H groups in total. The van der Waals surface area contributed by atoms with Crippen molar-refractivity contribution < 1.29 is 8.83 Å². The summed E-state index contributed by atoms with van der Waals surface area (Å²) in [6, 6.07) is 65.8. The number of rotatable bonds is 3. The predicted molar refractivity (Wildman–Crippen MR) is 227 cm³/mol. The van der Waals surface area contributed by atoms with Gasteiger partial charge in [-0.2, -0.15) is 0 Å². The Kier molecular flexibility index (Phi) is 6.09. The van der Waals surface area contributed by atoms with E-state index in [2.05, 4.69) is 164 Å². The summed E-state index contributed by atoms with van der Waals surface area (Å²) in [4.78, 5) is 0. The van der Waals surface area contributed by atoms with Gasteiger partial charge < -0.3 is 8.83 Å². The van der Waals surface area contributed by atoms with Gasteiger partial charge in [0.05, 0.1) is 0 Å². The lowest BCUT2D eigenvalue weighted by Gasteiger charge is -2.18. The summed E-state index contributed by atoms with van der Waals surface area (Å²) in [5, 5.41) is 14.3. The fourth-order valence-corrected chi connectivity index (χ4v) is 8.89. The second-order valence-electron chi connectivity index (χ2n) is 14.4. The van der Waals surface area contributed by atoms with Crippen molar-refractivity contribution >= 4 is 87.0 Å². The first kappa shape index (κ1) is 29.4. The third-order valence-corrected chi connectivity index (χ3v) is 11.4. The molecule has 2 aromatic heterocycles.